The molecule has 0 fully saturated rings. The van der Waals surface area contributed by atoms with Gasteiger partial charge < -0.3 is 0 Å². The Bertz CT molecular complexity index is 971. The SMILES string of the molecule is Cc1ccc(N(CC(=O)N/N=C\c2cccc([N+](=O)[O-])c2)S(C)(=O)=O)cc1. The Morgan fingerprint density at radius 2 is 1.93 bits per heavy atom. The minimum absolute atomic E-state index is 0.104. The highest BCUT2D eigenvalue weighted by molar-refractivity contribution is 7.92. The van der Waals surface area contributed by atoms with E-state index in [1.165, 1.54) is 24.4 Å². The van der Waals surface area contributed by atoms with Crippen LogP contribution in [0, 0.1) is 17.0 Å². The maximum atomic E-state index is 12.1. The number of rotatable bonds is 7. The molecule has 2 aromatic rings. The number of anilines is 1. The molecule has 1 amide bonds. The molecule has 0 aliphatic rings. The van der Waals surface area contributed by atoms with Crippen molar-refractivity contribution < 1.29 is 18.1 Å². The number of nitro benzene ring substituents is 1. The van der Waals surface area contributed by atoms with Crippen LogP contribution in [-0.4, -0.2) is 38.3 Å². The van der Waals surface area contributed by atoms with Gasteiger partial charge in [0.05, 0.1) is 23.1 Å². The number of non-ortho nitro benzene ring substituents is 1. The third-order valence-electron chi connectivity index (χ3n) is 3.49. The molecule has 0 aromatic heterocycles. The summed E-state index contributed by atoms with van der Waals surface area (Å²) in [5.41, 5.74) is 3.85. The summed E-state index contributed by atoms with van der Waals surface area (Å²) < 4.78 is 24.9. The molecular weight excluding hydrogens is 372 g/mol. The molecule has 142 valence electrons. The molecule has 0 aliphatic carbocycles. The molecule has 10 heteroatoms. The van der Waals surface area contributed by atoms with Crippen molar-refractivity contribution in [2.45, 2.75) is 6.92 Å². The Labute approximate surface area is 156 Å². The summed E-state index contributed by atoms with van der Waals surface area (Å²) in [4.78, 5) is 22.3. The summed E-state index contributed by atoms with van der Waals surface area (Å²) in [6.45, 7) is 1.41. The van der Waals surface area contributed by atoms with Crippen LogP contribution >= 0.6 is 0 Å². The number of hydrogen-bond acceptors (Lipinski definition) is 6. The maximum Gasteiger partial charge on any atom is 0.270 e. The number of aryl methyl sites for hydroxylation is 1. The maximum absolute atomic E-state index is 12.1. The minimum atomic E-state index is -3.67. The predicted octanol–water partition coefficient (Wildman–Crippen LogP) is 1.82. The molecule has 9 nitrogen and oxygen atoms in total. The highest BCUT2D eigenvalue weighted by atomic mass is 32.2. The van der Waals surface area contributed by atoms with E-state index < -0.39 is 27.4 Å². The van der Waals surface area contributed by atoms with Crippen LogP contribution in [0.3, 0.4) is 0 Å². The quantitative estimate of drug-likeness (QED) is 0.439. The van der Waals surface area contributed by atoms with Gasteiger partial charge in [-0.25, -0.2) is 13.8 Å². The number of hydrogen-bond donors (Lipinski definition) is 1. The van der Waals surface area contributed by atoms with Crippen LogP contribution in [0.1, 0.15) is 11.1 Å². The van der Waals surface area contributed by atoms with Gasteiger partial charge in [0.2, 0.25) is 10.0 Å². The summed E-state index contributed by atoms with van der Waals surface area (Å²) in [5, 5.41) is 14.5. The van der Waals surface area contributed by atoms with Crippen molar-refractivity contribution in [3.05, 3.63) is 69.8 Å². The van der Waals surface area contributed by atoms with E-state index in [1.807, 2.05) is 6.92 Å². The van der Waals surface area contributed by atoms with Crippen molar-refractivity contribution in [1.29, 1.82) is 0 Å². The Kier molecular flexibility index (Phi) is 6.24. The molecule has 2 aromatic carbocycles. The van der Waals surface area contributed by atoms with Crippen molar-refractivity contribution in [1.82, 2.24) is 5.43 Å². The molecule has 0 radical (unpaired) electrons. The van der Waals surface area contributed by atoms with Gasteiger partial charge in [0.15, 0.2) is 0 Å². The van der Waals surface area contributed by atoms with Gasteiger partial charge in [-0.05, 0) is 19.1 Å². The van der Waals surface area contributed by atoms with Gasteiger partial charge in [-0.15, -0.1) is 0 Å². The lowest BCUT2D eigenvalue weighted by Crippen LogP contribution is -2.39. The van der Waals surface area contributed by atoms with Crippen LogP contribution in [0.25, 0.3) is 0 Å². The Morgan fingerprint density at radius 3 is 2.52 bits per heavy atom. The van der Waals surface area contributed by atoms with Crippen LogP contribution in [0.15, 0.2) is 53.6 Å². The van der Waals surface area contributed by atoms with Gasteiger partial charge in [-0.1, -0.05) is 29.8 Å². The fourth-order valence-corrected chi connectivity index (χ4v) is 3.03. The number of sulfonamides is 1. The van der Waals surface area contributed by atoms with Crippen LogP contribution < -0.4 is 9.73 Å². The van der Waals surface area contributed by atoms with E-state index >= 15 is 0 Å². The highest BCUT2D eigenvalue weighted by Gasteiger charge is 2.20. The minimum Gasteiger partial charge on any atom is -0.271 e. The van der Waals surface area contributed by atoms with Gasteiger partial charge in [0.25, 0.3) is 11.6 Å². The fraction of sp³-hybridized carbons (Fsp3) is 0.176. The third-order valence-corrected chi connectivity index (χ3v) is 4.63. The van der Waals surface area contributed by atoms with Gasteiger partial charge in [-0.3, -0.25) is 19.2 Å². The topological polar surface area (TPSA) is 122 Å². The zero-order valence-corrected chi connectivity index (χ0v) is 15.5. The Balaban J connectivity index is 2.07. The largest absolute Gasteiger partial charge is 0.271 e. The Hall–Kier alpha value is -3.27. The summed E-state index contributed by atoms with van der Waals surface area (Å²) in [7, 11) is -3.67. The zero-order chi connectivity index (χ0) is 20.0. The van der Waals surface area contributed by atoms with E-state index in [2.05, 4.69) is 10.5 Å². The van der Waals surface area contributed by atoms with Crippen LogP contribution in [0.2, 0.25) is 0 Å². The lowest BCUT2D eigenvalue weighted by Gasteiger charge is -2.21. The van der Waals surface area contributed by atoms with E-state index in [1.54, 1.807) is 30.3 Å². The standard InChI is InChI=1S/C17H18N4O5S/c1-13-6-8-15(9-7-13)20(27(2,25)26)12-17(22)19-18-11-14-4-3-5-16(10-14)21(23)24/h3-11H,12H2,1-2H3,(H,19,22)/b18-11-. The van der Waals surface area contributed by atoms with E-state index in [4.69, 9.17) is 0 Å². The first-order valence-electron chi connectivity index (χ1n) is 7.77. The molecule has 0 unspecified atom stereocenters. The number of benzene rings is 2. The number of nitrogens with one attached hydrogen (secondary N) is 1. The molecule has 1 N–H and O–H groups in total. The van der Waals surface area contributed by atoms with E-state index in [-0.39, 0.29) is 5.69 Å². The van der Waals surface area contributed by atoms with Crippen molar-refractivity contribution in [3.63, 3.8) is 0 Å². The molecule has 2 rings (SSSR count). The molecule has 0 saturated carbocycles. The van der Waals surface area contributed by atoms with E-state index in [9.17, 15) is 23.3 Å². The Morgan fingerprint density at radius 1 is 1.26 bits per heavy atom. The number of carbonyl (C=O) groups excluding carboxylic acids is 1. The van der Waals surface area contributed by atoms with Crippen molar-refractivity contribution in [2.75, 3.05) is 17.1 Å². The normalized spacial score (nSPS) is 11.3. The van der Waals surface area contributed by atoms with Crippen molar-refractivity contribution in [2.24, 2.45) is 5.10 Å². The van der Waals surface area contributed by atoms with Crippen LogP contribution in [0.5, 0.6) is 0 Å². The van der Waals surface area contributed by atoms with Gasteiger partial charge in [-0.2, -0.15) is 5.10 Å². The number of carbonyl (C=O) groups is 1. The molecule has 27 heavy (non-hydrogen) atoms. The summed E-state index contributed by atoms with van der Waals surface area (Å²) in [6, 6.07) is 12.4. The molecular formula is C17H18N4O5S. The van der Waals surface area contributed by atoms with Crippen molar-refractivity contribution in [3.8, 4) is 0 Å². The monoisotopic (exact) mass is 390 g/mol. The number of nitro groups is 1. The van der Waals surface area contributed by atoms with Gasteiger partial charge >= 0.3 is 0 Å². The second-order valence-corrected chi connectivity index (χ2v) is 7.66. The number of amides is 1. The lowest BCUT2D eigenvalue weighted by molar-refractivity contribution is -0.384. The predicted molar refractivity (Wildman–Crippen MR) is 102 cm³/mol. The van der Waals surface area contributed by atoms with Crippen LogP contribution in [0.4, 0.5) is 11.4 Å². The summed E-state index contributed by atoms with van der Waals surface area (Å²) >= 11 is 0. The van der Waals surface area contributed by atoms with E-state index in [0.29, 0.717) is 11.3 Å². The lowest BCUT2D eigenvalue weighted by atomic mass is 10.2. The molecule has 0 heterocycles. The summed E-state index contributed by atoms with van der Waals surface area (Å²) in [6.07, 6.45) is 2.24. The molecule has 0 spiro atoms. The van der Waals surface area contributed by atoms with Gasteiger partial charge in [0, 0.05) is 17.7 Å². The first-order valence-corrected chi connectivity index (χ1v) is 9.62. The first kappa shape index (κ1) is 20.0. The van der Waals surface area contributed by atoms with Gasteiger partial charge in [0.1, 0.15) is 6.54 Å². The molecule has 0 aliphatic heterocycles. The average Bonchev–Trinajstić information content (AvgIpc) is 2.60. The number of hydrazone groups is 1. The number of nitrogens with zero attached hydrogens (tertiary/aromatic N) is 3. The van der Waals surface area contributed by atoms with E-state index in [0.717, 1.165) is 16.1 Å². The zero-order valence-electron chi connectivity index (χ0n) is 14.7. The summed E-state index contributed by atoms with van der Waals surface area (Å²) in [5.74, 6) is -0.650. The smallest absolute Gasteiger partial charge is 0.270 e. The second kappa shape index (κ2) is 8.41. The van der Waals surface area contributed by atoms with Crippen LogP contribution in [-0.2, 0) is 14.8 Å². The fourth-order valence-electron chi connectivity index (χ4n) is 2.17. The molecule has 0 saturated heterocycles. The molecule has 0 atom stereocenters. The molecule has 0 bridgehead atoms. The van der Waals surface area contributed by atoms with Crippen molar-refractivity contribution >= 4 is 33.5 Å². The first-order chi connectivity index (χ1) is 12.7. The second-order valence-electron chi connectivity index (χ2n) is 5.75. The third kappa shape index (κ3) is 5.89. The average molecular weight is 390 g/mol. The highest BCUT2D eigenvalue weighted by Crippen LogP contribution is 2.17.